The molecule has 1 spiro atoms. The summed E-state index contributed by atoms with van der Waals surface area (Å²) in [5.41, 5.74) is 1.20. The first-order chi connectivity index (χ1) is 15.8. The quantitative estimate of drug-likeness (QED) is 0.472. The van der Waals surface area contributed by atoms with E-state index >= 15 is 0 Å². The van der Waals surface area contributed by atoms with Crippen molar-refractivity contribution >= 4 is 0 Å². The van der Waals surface area contributed by atoms with Crippen LogP contribution in [0.25, 0.3) is 5.82 Å². The molecule has 2 aliphatic rings. The summed E-state index contributed by atoms with van der Waals surface area (Å²) in [6.45, 7) is 0.389. The summed E-state index contributed by atoms with van der Waals surface area (Å²) in [7, 11) is 1.51. The van der Waals surface area contributed by atoms with Crippen molar-refractivity contribution in [2.45, 2.75) is 49.3 Å². The highest BCUT2D eigenvalue weighted by Gasteiger charge is 2.51. The maximum Gasteiger partial charge on any atom is 0.450 e. The van der Waals surface area contributed by atoms with Crippen LogP contribution in [0.2, 0.25) is 0 Å². The third-order valence-corrected chi connectivity index (χ3v) is 6.78. The first-order valence-electron chi connectivity index (χ1n) is 10.9. The zero-order valence-corrected chi connectivity index (χ0v) is 18.0. The van der Waals surface area contributed by atoms with Crippen LogP contribution in [0.15, 0.2) is 48.8 Å². The number of hydrogen-bond acceptors (Lipinski definition) is 4. The lowest BCUT2D eigenvalue weighted by Gasteiger charge is -2.31. The highest BCUT2D eigenvalue weighted by molar-refractivity contribution is 5.39. The molecule has 174 valence electrons. The van der Waals surface area contributed by atoms with Crippen LogP contribution < -0.4 is 4.74 Å². The lowest BCUT2D eigenvalue weighted by molar-refractivity contribution is -0.146. The van der Waals surface area contributed by atoms with E-state index in [0.717, 1.165) is 35.6 Å². The van der Waals surface area contributed by atoms with Gasteiger partial charge in [0, 0.05) is 24.2 Å². The third kappa shape index (κ3) is 3.88. The SMILES string of the molecule is COc1ccc(-n2ccnc2C(F)(F)F)nc1[C@@H]1CO[C@]2(CCC[C@H]2c2ccc(F)cc2)C1. The lowest BCUT2D eigenvalue weighted by atomic mass is 9.80. The average Bonchev–Trinajstić information content (AvgIpc) is 3.54. The molecule has 3 atom stereocenters. The zero-order chi connectivity index (χ0) is 23.2. The molecule has 5 nitrogen and oxygen atoms in total. The minimum Gasteiger partial charge on any atom is -0.495 e. The third-order valence-electron chi connectivity index (χ3n) is 6.78. The predicted octanol–water partition coefficient (Wildman–Crippen LogP) is 5.64. The number of aromatic nitrogens is 3. The molecule has 0 amide bonds. The first-order valence-corrected chi connectivity index (χ1v) is 10.9. The summed E-state index contributed by atoms with van der Waals surface area (Å²) in [5, 5.41) is 0. The van der Waals surface area contributed by atoms with Crippen LogP contribution in [0.1, 0.15) is 54.6 Å². The van der Waals surface area contributed by atoms with Crippen molar-refractivity contribution in [2.24, 2.45) is 0 Å². The van der Waals surface area contributed by atoms with Crippen LogP contribution in [0, 0.1) is 5.82 Å². The predicted molar refractivity (Wildman–Crippen MR) is 112 cm³/mol. The topological polar surface area (TPSA) is 49.2 Å². The summed E-state index contributed by atoms with van der Waals surface area (Å²) in [6, 6.07) is 9.66. The Morgan fingerprint density at radius 3 is 2.67 bits per heavy atom. The number of rotatable bonds is 4. The van der Waals surface area contributed by atoms with Gasteiger partial charge in [0.25, 0.3) is 0 Å². The molecule has 1 aromatic carbocycles. The van der Waals surface area contributed by atoms with Crippen molar-refractivity contribution in [3.05, 3.63) is 71.7 Å². The Bertz CT molecular complexity index is 1150. The van der Waals surface area contributed by atoms with Crippen LogP contribution in [0.5, 0.6) is 5.75 Å². The van der Waals surface area contributed by atoms with E-state index in [4.69, 9.17) is 9.47 Å². The number of methoxy groups -OCH3 is 1. The van der Waals surface area contributed by atoms with Gasteiger partial charge in [-0.25, -0.2) is 14.4 Å². The molecule has 0 N–H and O–H groups in total. The number of pyridine rings is 1. The number of imidazole rings is 1. The second-order valence-corrected chi connectivity index (χ2v) is 8.65. The Balaban J connectivity index is 1.47. The molecule has 2 fully saturated rings. The number of halogens is 4. The van der Waals surface area contributed by atoms with E-state index in [-0.39, 0.29) is 23.5 Å². The van der Waals surface area contributed by atoms with Crippen molar-refractivity contribution in [1.29, 1.82) is 0 Å². The van der Waals surface area contributed by atoms with E-state index in [1.165, 1.54) is 31.5 Å². The van der Waals surface area contributed by atoms with E-state index in [1.54, 1.807) is 18.2 Å². The largest absolute Gasteiger partial charge is 0.495 e. The highest BCUT2D eigenvalue weighted by Crippen LogP contribution is 2.54. The van der Waals surface area contributed by atoms with E-state index < -0.39 is 17.6 Å². The molecule has 0 radical (unpaired) electrons. The average molecular weight is 461 g/mol. The maximum atomic E-state index is 13.4. The minimum absolute atomic E-state index is 0.123. The Hall–Kier alpha value is -2.94. The Kier molecular flexibility index (Phi) is 5.39. The number of alkyl halides is 3. The second-order valence-electron chi connectivity index (χ2n) is 8.65. The van der Waals surface area contributed by atoms with E-state index in [0.29, 0.717) is 24.5 Å². The molecule has 0 bridgehead atoms. The Morgan fingerprint density at radius 1 is 1.15 bits per heavy atom. The van der Waals surface area contributed by atoms with Crippen molar-refractivity contribution in [3.63, 3.8) is 0 Å². The summed E-state index contributed by atoms with van der Waals surface area (Å²) in [5.74, 6) is -0.689. The lowest BCUT2D eigenvalue weighted by Crippen LogP contribution is -2.31. The van der Waals surface area contributed by atoms with Gasteiger partial charge >= 0.3 is 6.18 Å². The molecule has 1 aliphatic heterocycles. The molecule has 33 heavy (non-hydrogen) atoms. The molecule has 3 aromatic rings. The van der Waals surface area contributed by atoms with Gasteiger partial charge in [-0.1, -0.05) is 12.1 Å². The number of ether oxygens (including phenoxy) is 2. The summed E-state index contributed by atoms with van der Waals surface area (Å²) < 4.78 is 66.3. The van der Waals surface area contributed by atoms with Crippen molar-refractivity contribution < 1.29 is 27.0 Å². The summed E-state index contributed by atoms with van der Waals surface area (Å²) in [6.07, 6.45) is 1.21. The maximum absolute atomic E-state index is 13.4. The zero-order valence-electron chi connectivity index (χ0n) is 18.0. The van der Waals surface area contributed by atoms with Gasteiger partial charge in [-0.3, -0.25) is 4.57 Å². The monoisotopic (exact) mass is 461 g/mol. The smallest absolute Gasteiger partial charge is 0.450 e. The van der Waals surface area contributed by atoms with Gasteiger partial charge < -0.3 is 9.47 Å². The van der Waals surface area contributed by atoms with Gasteiger partial charge in [-0.05, 0) is 55.5 Å². The van der Waals surface area contributed by atoms with Crippen LogP contribution in [-0.2, 0) is 10.9 Å². The normalized spacial score (nSPS) is 25.1. The summed E-state index contributed by atoms with van der Waals surface area (Å²) >= 11 is 0. The molecule has 9 heteroatoms. The molecule has 5 rings (SSSR count). The number of nitrogens with zero attached hydrogens (tertiary/aromatic N) is 3. The molecule has 1 saturated carbocycles. The van der Waals surface area contributed by atoms with Gasteiger partial charge in [0.1, 0.15) is 17.4 Å². The van der Waals surface area contributed by atoms with Gasteiger partial charge in [-0.2, -0.15) is 13.2 Å². The Morgan fingerprint density at radius 2 is 1.94 bits per heavy atom. The fourth-order valence-corrected chi connectivity index (χ4v) is 5.35. The Labute approximate surface area is 188 Å². The fourth-order valence-electron chi connectivity index (χ4n) is 5.35. The van der Waals surface area contributed by atoms with Crippen LogP contribution in [0.3, 0.4) is 0 Å². The molecule has 0 unspecified atom stereocenters. The van der Waals surface area contributed by atoms with Gasteiger partial charge in [0.2, 0.25) is 5.82 Å². The number of benzene rings is 1. The minimum atomic E-state index is -4.60. The molecular formula is C24H23F4N3O2. The van der Waals surface area contributed by atoms with Gasteiger partial charge in [0.15, 0.2) is 0 Å². The second kappa shape index (κ2) is 8.13. The van der Waals surface area contributed by atoms with E-state index in [2.05, 4.69) is 9.97 Å². The standard InChI is InChI=1S/C24H23F4N3O2/c1-32-19-8-9-20(31-12-11-29-22(31)24(26,27)28)30-21(19)16-13-23(33-14-16)10-2-3-18(23)15-4-6-17(25)7-5-15/h4-9,11-12,16,18H,2-3,10,13-14H2,1H3/t16-,18-,23+/m0/s1. The highest BCUT2D eigenvalue weighted by atomic mass is 19.4. The molecule has 1 aliphatic carbocycles. The van der Waals surface area contributed by atoms with Gasteiger partial charge in [0.05, 0.1) is 25.0 Å². The first kappa shape index (κ1) is 21.9. The molecule has 2 aromatic heterocycles. The summed E-state index contributed by atoms with van der Waals surface area (Å²) in [4.78, 5) is 8.03. The van der Waals surface area contributed by atoms with Crippen molar-refractivity contribution in [3.8, 4) is 11.6 Å². The fraction of sp³-hybridized carbons (Fsp3) is 0.417. The van der Waals surface area contributed by atoms with Crippen LogP contribution in [-0.4, -0.2) is 33.9 Å². The molecule has 1 saturated heterocycles. The van der Waals surface area contributed by atoms with Crippen molar-refractivity contribution in [2.75, 3.05) is 13.7 Å². The molecule has 3 heterocycles. The van der Waals surface area contributed by atoms with Crippen molar-refractivity contribution in [1.82, 2.24) is 14.5 Å². The van der Waals surface area contributed by atoms with Crippen LogP contribution >= 0.6 is 0 Å². The van der Waals surface area contributed by atoms with Crippen LogP contribution in [0.4, 0.5) is 17.6 Å². The van der Waals surface area contributed by atoms with Gasteiger partial charge in [-0.15, -0.1) is 0 Å². The van der Waals surface area contributed by atoms with E-state index in [1.807, 2.05) is 0 Å². The van der Waals surface area contributed by atoms with E-state index in [9.17, 15) is 17.6 Å². The molecular weight excluding hydrogens is 438 g/mol. The number of hydrogen-bond donors (Lipinski definition) is 0.